The van der Waals surface area contributed by atoms with Crippen LogP contribution in [0, 0.1) is 10.1 Å². The Balaban J connectivity index is 1.52. The standard InChI is InChI=1S/C22H17N5O3/c28-21-19-13-23-22(25-10-8-15-4-1-2-5-16(15)14-25)24-20(19)9-11-26(21)17-6-3-7-18(12-17)27(29)30/h1-7,9,11-13H,8,10,14H2. The van der Waals surface area contributed by atoms with Gasteiger partial charge < -0.3 is 4.90 Å². The normalized spacial score (nSPS) is 13.3. The van der Waals surface area contributed by atoms with Gasteiger partial charge in [0, 0.05) is 37.6 Å². The van der Waals surface area contributed by atoms with Gasteiger partial charge in [-0.05, 0) is 29.7 Å². The number of hydrogen-bond donors (Lipinski definition) is 0. The summed E-state index contributed by atoms with van der Waals surface area (Å²) in [6.07, 6.45) is 4.05. The van der Waals surface area contributed by atoms with Crippen LogP contribution in [0.25, 0.3) is 16.6 Å². The summed E-state index contributed by atoms with van der Waals surface area (Å²) in [7, 11) is 0. The van der Waals surface area contributed by atoms with Crippen molar-refractivity contribution in [1.82, 2.24) is 14.5 Å². The molecule has 0 unspecified atom stereocenters. The molecule has 0 radical (unpaired) electrons. The third-order valence-electron chi connectivity index (χ3n) is 5.37. The van der Waals surface area contributed by atoms with Crippen molar-refractivity contribution >= 4 is 22.5 Å². The molecule has 0 spiro atoms. The molecular formula is C22H17N5O3. The zero-order valence-electron chi connectivity index (χ0n) is 15.9. The molecule has 0 bridgehead atoms. The average molecular weight is 399 g/mol. The molecule has 1 aliphatic heterocycles. The lowest BCUT2D eigenvalue weighted by Crippen LogP contribution is -2.31. The molecule has 148 valence electrons. The molecule has 0 amide bonds. The maximum atomic E-state index is 13.0. The molecule has 3 heterocycles. The maximum Gasteiger partial charge on any atom is 0.271 e. The summed E-state index contributed by atoms with van der Waals surface area (Å²) in [5, 5.41) is 11.4. The van der Waals surface area contributed by atoms with E-state index in [2.05, 4.69) is 27.0 Å². The fraction of sp³-hybridized carbons (Fsp3) is 0.136. The molecular weight excluding hydrogens is 382 g/mol. The smallest absolute Gasteiger partial charge is 0.271 e. The van der Waals surface area contributed by atoms with Crippen LogP contribution in [0.4, 0.5) is 11.6 Å². The third-order valence-corrected chi connectivity index (χ3v) is 5.37. The summed E-state index contributed by atoms with van der Waals surface area (Å²) in [6, 6.07) is 16.0. The Labute approximate surface area is 171 Å². The number of nitro groups is 1. The van der Waals surface area contributed by atoms with Crippen molar-refractivity contribution in [2.24, 2.45) is 0 Å². The van der Waals surface area contributed by atoms with E-state index < -0.39 is 4.92 Å². The second-order valence-corrected chi connectivity index (χ2v) is 7.18. The summed E-state index contributed by atoms with van der Waals surface area (Å²) in [5.41, 5.74) is 3.18. The van der Waals surface area contributed by atoms with Crippen LogP contribution in [0.3, 0.4) is 0 Å². The lowest BCUT2D eigenvalue weighted by Gasteiger charge is -2.28. The molecule has 30 heavy (non-hydrogen) atoms. The Hall–Kier alpha value is -4.07. The fourth-order valence-electron chi connectivity index (χ4n) is 3.80. The minimum atomic E-state index is -0.484. The van der Waals surface area contributed by atoms with E-state index in [9.17, 15) is 14.9 Å². The fourth-order valence-corrected chi connectivity index (χ4v) is 3.80. The lowest BCUT2D eigenvalue weighted by atomic mass is 10.0. The predicted molar refractivity (Wildman–Crippen MR) is 113 cm³/mol. The summed E-state index contributed by atoms with van der Waals surface area (Å²) >= 11 is 0. The topological polar surface area (TPSA) is 94.2 Å². The van der Waals surface area contributed by atoms with Crippen molar-refractivity contribution in [3.8, 4) is 5.69 Å². The number of aromatic nitrogens is 3. The first-order chi connectivity index (χ1) is 14.6. The first kappa shape index (κ1) is 18.0. The van der Waals surface area contributed by atoms with Crippen LogP contribution in [0.15, 0.2) is 71.8 Å². The number of non-ortho nitro benzene ring substituents is 1. The Morgan fingerprint density at radius 2 is 1.87 bits per heavy atom. The molecule has 2 aromatic heterocycles. The van der Waals surface area contributed by atoms with E-state index in [-0.39, 0.29) is 11.2 Å². The number of fused-ring (bicyclic) bond motifs is 2. The molecule has 5 rings (SSSR count). The van der Waals surface area contributed by atoms with E-state index in [1.807, 2.05) is 12.1 Å². The van der Waals surface area contributed by atoms with Crippen LogP contribution in [0.5, 0.6) is 0 Å². The first-order valence-corrected chi connectivity index (χ1v) is 9.55. The van der Waals surface area contributed by atoms with Gasteiger partial charge in [-0.2, -0.15) is 0 Å². The van der Waals surface area contributed by atoms with Crippen LogP contribution >= 0.6 is 0 Å². The second kappa shape index (κ2) is 7.07. The summed E-state index contributed by atoms with van der Waals surface area (Å²) in [5.74, 6) is 0.588. The molecule has 8 nitrogen and oxygen atoms in total. The van der Waals surface area contributed by atoms with E-state index in [0.717, 1.165) is 19.5 Å². The number of nitrogens with zero attached hydrogens (tertiary/aromatic N) is 5. The van der Waals surface area contributed by atoms with Crippen LogP contribution in [-0.2, 0) is 13.0 Å². The number of rotatable bonds is 3. The minimum absolute atomic E-state index is 0.0727. The van der Waals surface area contributed by atoms with Crippen LogP contribution in [0.1, 0.15) is 11.1 Å². The van der Waals surface area contributed by atoms with Gasteiger partial charge >= 0.3 is 0 Å². The highest BCUT2D eigenvalue weighted by atomic mass is 16.6. The number of pyridine rings is 1. The van der Waals surface area contributed by atoms with Gasteiger partial charge in [0.25, 0.3) is 11.2 Å². The van der Waals surface area contributed by atoms with Crippen molar-refractivity contribution < 1.29 is 4.92 Å². The Morgan fingerprint density at radius 3 is 2.70 bits per heavy atom. The largest absolute Gasteiger partial charge is 0.336 e. The minimum Gasteiger partial charge on any atom is -0.336 e. The highest BCUT2D eigenvalue weighted by molar-refractivity contribution is 5.78. The molecule has 0 N–H and O–H groups in total. The first-order valence-electron chi connectivity index (χ1n) is 9.55. The SMILES string of the molecule is O=c1c2cnc(N3CCc4ccccc4C3)nc2ccn1-c1cccc([N+](=O)[O-])c1. The summed E-state index contributed by atoms with van der Waals surface area (Å²) in [4.78, 5) is 34.7. The Morgan fingerprint density at radius 1 is 1.03 bits per heavy atom. The number of hydrogen-bond acceptors (Lipinski definition) is 6. The summed E-state index contributed by atoms with van der Waals surface area (Å²) in [6.45, 7) is 1.54. The van der Waals surface area contributed by atoms with Gasteiger partial charge in [0.15, 0.2) is 0 Å². The summed E-state index contributed by atoms with van der Waals surface area (Å²) < 4.78 is 1.37. The Kier molecular flexibility index (Phi) is 4.24. The van der Waals surface area contributed by atoms with Crippen molar-refractivity contribution in [3.05, 3.63) is 98.6 Å². The Bertz CT molecular complexity index is 1350. The van der Waals surface area contributed by atoms with E-state index in [0.29, 0.717) is 22.5 Å². The molecule has 8 heteroatoms. The predicted octanol–water partition coefficient (Wildman–Crippen LogP) is 3.25. The molecule has 0 atom stereocenters. The molecule has 4 aromatic rings. The number of nitro benzene ring substituents is 1. The molecule has 0 fully saturated rings. The van der Waals surface area contributed by atoms with Crippen molar-refractivity contribution in [1.29, 1.82) is 0 Å². The molecule has 2 aromatic carbocycles. The van der Waals surface area contributed by atoms with Gasteiger partial charge in [-0.3, -0.25) is 19.5 Å². The van der Waals surface area contributed by atoms with Crippen LogP contribution in [-0.4, -0.2) is 26.0 Å². The third kappa shape index (κ3) is 3.08. The molecule has 0 saturated carbocycles. The van der Waals surface area contributed by atoms with Crippen LogP contribution in [0.2, 0.25) is 0 Å². The molecule has 0 aliphatic carbocycles. The zero-order chi connectivity index (χ0) is 20.7. The lowest BCUT2D eigenvalue weighted by molar-refractivity contribution is -0.384. The van der Waals surface area contributed by atoms with E-state index >= 15 is 0 Å². The van der Waals surface area contributed by atoms with E-state index in [1.165, 1.54) is 34.0 Å². The van der Waals surface area contributed by atoms with Crippen molar-refractivity contribution in [2.75, 3.05) is 11.4 Å². The van der Waals surface area contributed by atoms with Gasteiger partial charge in [-0.1, -0.05) is 30.3 Å². The van der Waals surface area contributed by atoms with Crippen LogP contribution < -0.4 is 10.5 Å². The van der Waals surface area contributed by atoms with Gasteiger partial charge in [0.1, 0.15) is 0 Å². The van der Waals surface area contributed by atoms with Crippen molar-refractivity contribution in [3.63, 3.8) is 0 Å². The van der Waals surface area contributed by atoms with Gasteiger partial charge in [-0.25, -0.2) is 9.97 Å². The molecule has 1 aliphatic rings. The average Bonchev–Trinajstić information content (AvgIpc) is 2.79. The van der Waals surface area contributed by atoms with Gasteiger partial charge in [0.05, 0.1) is 21.5 Å². The number of anilines is 1. The van der Waals surface area contributed by atoms with E-state index in [1.54, 1.807) is 24.4 Å². The number of benzene rings is 2. The monoisotopic (exact) mass is 399 g/mol. The highest BCUT2D eigenvalue weighted by Gasteiger charge is 2.19. The molecule has 0 saturated heterocycles. The maximum absolute atomic E-state index is 13.0. The highest BCUT2D eigenvalue weighted by Crippen LogP contribution is 2.23. The van der Waals surface area contributed by atoms with Gasteiger partial charge in [-0.15, -0.1) is 0 Å². The quantitative estimate of drug-likeness (QED) is 0.388. The van der Waals surface area contributed by atoms with Crippen molar-refractivity contribution in [2.45, 2.75) is 13.0 Å². The zero-order valence-corrected chi connectivity index (χ0v) is 15.9. The second-order valence-electron chi connectivity index (χ2n) is 7.18. The van der Waals surface area contributed by atoms with E-state index in [4.69, 9.17) is 0 Å². The van der Waals surface area contributed by atoms with Gasteiger partial charge in [0.2, 0.25) is 5.95 Å².